The Balaban J connectivity index is 2.13. The molecular weight excluding hydrogens is 246 g/mol. The lowest BCUT2D eigenvalue weighted by Crippen LogP contribution is -2.34. The molecule has 0 unspecified atom stereocenters. The Kier molecular flexibility index (Phi) is 3.56. The number of allylic oxidation sites excluding steroid dienone is 5. The van der Waals surface area contributed by atoms with Crippen LogP contribution < -0.4 is 0 Å². The van der Waals surface area contributed by atoms with E-state index in [0.717, 1.165) is 17.9 Å². The molecule has 20 heavy (non-hydrogen) atoms. The second kappa shape index (κ2) is 5.35. The summed E-state index contributed by atoms with van der Waals surface area (Å²) in [5.74, 6) is 1.77. The van der Waals surface area contributed by atoms with Gasteiger partial charge in [-0.05, 0) is 57.3 Å². The zero-order chi connectivity index (χ0) is 14.1. The zero-order valence-corrected chi connectivity index (χ0v) is 12.5. The zero-order valence-electron chi connectivity index (χ0n) is 12.5. The lowest BCUT2D eigenvalue weighted by atomic mass is 9.89. The van der Waals surface area contributed by atoms with Crippen LogP contribution in [0, 0.1) is 0 Å². The molecule has 1 fully saturated rings. The van der Waals surface area contributed by atoms with E-state index in [-0.39, 0.29) is 0 Å². The van der Waals surface area contributed by atoms with Gasteiger partial charge in [-0.2, -0.15) is 0 Å². The van der Waals surface area contributed by atoms with E-state index < -0.39 is 0 Å². The Hall–Kier alpha value is -1.70. The first-order valence-electron chi connectivity index (χ1n) is 7.60. The van der Waals surface area contributed by atoms with Gasteiger partial charge in [0.2, 0.25) is 0 Å². The minimum atomic E-state index is 0.740. The monoisotopic (exact) mass is 269 g/mol. The fraction of sp³-hybridized carbons (Fsp3) is 0.444. The number of hydrogen-bond acceptors (Lipinski definition) is 2. The third-order valence-corrected chi connectivity index (χ3v) is 4.37. The Morgan fingerprint density at radius 1 is 1.20 bits per heavy atom. The lowest BCUT2D eigenvalue weighted by molar-refractivity contribution is 0.275. The van der Waals surface area contributed by atoms with Crippen LogP contribution in [0.5, 0.6) is 0 Å². The smallest absolute Gasteiger partial charge is 0.139 e. The first-order valence-corrected chi connectivity index (χ1v) is 7.60. The minimum absolute atomic E-state index is 0.740. The first-order chi connectivity index (χ1) is 9.70. The molecule has 3 rings (SSSR count). The van der Waals surface area contributed by atoms with Crippen LogP contribution in [-0.4, -0.2) is 18.0 Å². The molecular formula is C18H23NO. The summed E-state index contributed by atoms with van der Waals surface area (Å²) in [6, 6.07) is 0. The minimum Gasteiger partial charge on any atom is -0.457 e. The Labute approximate surface area is 121 Å². The van der Waals surface area contributed by atoms with Gasteiger partial charge in [0, 0.05) is 29.9 Å². The van der Waals surface area contributed by atoms with Crippen molar-refractivity contribution in [1.29, 1.82) is 0 Å². The van der Waals surface area contributed by atoms with Gasteiger partial charge in [0.15, 0.2) is 0 Å². The van der Waals surface area contributed by atoms with Gasteiger partial charge in [0.25, 0.3) is 0 Å². The van der Waals surface area contributed by atoms with E-state index in [2.05, 4.69) is 37.5 Å². The molecule has 1 saturated heterocycles. The summed E-state index contributed by atoms with van der Waals surface area (Å²) in [6.07, 6.45) is 11.0. The van der Waals surface area contributed by atoms with Crippen molar-refractivity contribution in [3.8, 4) is 0 Å². The molecule has 0 saturated carbocycles. The van der Waals surface area contributed by atoms with Crippen molar-refractivity contribution in [2.75, 3.05) is 13.1 Å². The van der Waals surface area contributed by atoms with Crippen LogP contribution in [0.4, 0.5) is 0 Å². The summed E-state index contributed by atoms with van der Waals surface area (Å²) in [6.45, 7) is 10.7. The van der Waals surface area contributed by atoms with Gasteiger partial charge >= 0.3 is 0 Å². The molecule has 3 aliphatic rings. The number of rotatable bonds is 0. The molecule has 0 aliphatic carbocycles. The molecule has 2 heteroatoms. The van der Waals surface area contributed by atoms with Gasteiger partial charge in [-0.3, -0.25) is 0 Å². The van der Waals surface area contributed by atoms with E-state index in [9.17, 15) is 0 Å². The summed E-state index contributed by atoms with van der Waals surface area (Å²) in [5.41, 5.74) is 5.52. The van der Waals surface area contributed by atoms with Gasteiger partial charge in [0.05, 0.1) is 0 Å². The maximum Gasteiger partial charge on any atom is 0.139 e. The second-order valence-electron chi connectivity index (χ2n) is 5.78. The summed E-state index contributed by atoms with van der Waals surface area (Å²) in [7, 11) is 0. The number of nitrogens with zero attached hydrogens (tertiary/aromatic N) is 1. The molecule has 0 bridgehead atoms. The van der Waals surface area contributed by atoms with Crippen molar-refractivity contribution in [1.82, 2.24) is 4.90 Å². The van der Waals surface area contributed by atoms with Gasteiger partial charge < -0.3 is 9.64 Å². The standard InChI is InChI=1S/C18H23NO/c1-4-15-10-9-14(3)20-18(15)16-8-6-12-19-11-5-7-13(2)17(16)19/h4,9-10H,3,5-8,11-12H2,1-2H3/b15-4-,18-16+. The van der Waals surface area contributed by atoms with Crippen LogP contribution in [0.25, 0.3) is 0 Å². The highest BCUT2D eigenvalue weighted by atomic mass is 16.5. The van der Waals surface area contributed by atoms with Gasteiger partial charge in [-0.25, -0.2) is 0 Å². The highest BCUT2D eigenvalue weighted by Gasteiger charge is 2.29. The van der Waals surface area contributed by atoms with Gasteiger partial charge in [0.1, 0.15) is 11.5 Å². The van der Waals surface area contributed by atoms with E-state index in [0.29, 0.717) is 0 Å². The normalized spacial score (nSPS) is 28.8. The number of piperidine rings is 1. The summed E-state index contributed by atoms with van der Waals surface area (Å²) < 4.78 is 6.00. The highest BCUT2D eigenvalue weighted by Crippen LogP contribution is 2.39. The fourth-order valence-electron chi connectivity index (χ4n) is 3.44. The quantitative estimate of drug-likeness (QED) is 0.644. The van der Waals surface area contributed by atoms with Crippen molar-refractivity contribution in [2.45, 2.75) is 39.5 Å². The molecule has 106 valence electrons. The van der Waals surface area contributed by atoms with Gasteiger partial charge in [-0.15, -0.1) is 0 Å². The molecule has 0 N–H and O–H groups in total. The Morgan fingerprint density at radius 2 is 1.95 bits per heavy atom. The maximum atomic E-state index is 6.00. The van der Waals surface area contributed by atoms with E-state index in [1.165, 1.54) is 54.8 Å². The predicted molar refractivity (Wildman–Crippen MR) is 82.9 cm³/mol. The molecule has 2 nitrogen and oxygen atoms in total. The molecule has 0 aromatic carbocycles. The van der Waals surface area contributed by atoms with Crippen molar-refractivity contribution in [3.63, 3.8) is 0 Å². The first kappa shape index (κ1) is 13.3. The second-order valence-corrected chi connectivity index (χ2v) is 5.78. The van der Waals surface area contributed by atoms with E-state index in [1.807, 2.05) is 6.08 Å². The third kappa shape index (κ3) is 2.24. The number of ether oxygens (including phenoxy) is 1. The van der Waals surface area contributed by atoms with Crippen LogP contribution in [0.3, 0.4) is 0 Å². The number of fused-ring (bicyclic) bond motifs is 1. The molecule has 0 atom stereocenters. The van der Waals surface area contributed by atoms with E-state index >= 15 is 0 Å². The third-order valence-electron chi connectivity index (χ3n) is 4.37. The molecule has 0 aromatic rings. The predicted octanol–water partition coefficient (Wildman–Crippen LogP) is 4.45. The van der Waals surface area contributed by atoms with E-state index in [4.69, 9.17) is 4.74 Å². The van der Waals surface area contributed by atoms with E-state index in [1.54, 1.807) is 0 Å². The van der Waals surface area contributed by atoms with Gasteiger partial charge in [-0.1, -0.05) is 12.7 Å². The molecule has 0 amide bonds. The van der Waals surface area contributed by atoms with Crippen LogP contribution in [0.15, 0.2) is 58.7 Å². The molecule has 3 aliphatic heterocycles. The average molecular weight is 269 g/mol. The van der Waals surface area contributed by atoms with Crippen LogP contribution in [0.2, 0.25) is 0 Å². The van der Waals surface area contributed by atoms with Crippen molar-refractivity contribution in [3.05, 3.63) is 58.7 Å². The highest BCUT2D eigenvalue weighted by molar-refractivity contribution is 5.51. The largest absolute Gasteiger partial charge is 0.457 e. The Morgan fingerprint density at radius 3 is 2.70 bits per heavy atom. The summed E-state index contributed by atoms with van der Waals surface area (Å²) >= 11 is 0. The van der Waals surface area contributed by atoms with Crippen LogP contribution in [-0.2, 0) is 4.74 Å². The average Bonchev–Trinajstić information content (AvgIpc) is 2.47. The molecule has 3 heterocycles. The SMILES string of the molecule is C=C1C=CC(=C/C)/C(=C2/CCCN3CCCC(C)=C23)O1. The van der Waals surface area contributed by atoms with Crippen molar-refractivity contribution < 1.29 is 4.74 Å². The molecule has 0 aromatic heterocycles. The lowest BCUT2D eigenvalue weighted by Gasteiger charge is -2.39. The van der Waals surface area contributed by atoms with Crippen LogP contribution >= 0.6 is 0 Å². The Bertz CT molecular complexity index is 560. The fourth-order valence-corrected chi connectivity index (χ4v) is 3.44. The van der Waals surface area contributed by atoms with Crippen LogP contribution in [0.1, 0.15) is 39.5 Å². The summed E-state index contributed by atoms with van der Waals surface area (Å²) in [5, 5.41) is 0. The maximum absolute atomic E-state index is 6.00. The topological polar surface area (TPSA) is 12.5 Å². The van der Waals surface area contributed by atoms with Crippen molar-refractivity contribution in [2.24, 2.45) is 0 Å². The number of hydrogen-bond donors (Lipinski definition) is 0. The molecule has 0 spiro atoms. The van der Waals surface area contributed by atoms with Crippen molar-refractivity contribution >= 4 is 0 Å². The summed E-state index contributed by atoms with van der Waals surface area (Å²) in [4.78, 5) is 2.54. The molecule has 0 radical (unpaired) electrons.